The fraction of sp³-hybridized carbons (Fsp3) is 0.320. The third kappa shape index (κ3) is 6.29. The molecule has 1 aliphatic carbocycles. The van der Waals surface area contributed by atoms with Crippen LogP contribution in [0.25, 0.3) is 11.4 Å². The van der Waals surface area contributed by atoms with Crippen LogP contribution in [0, 0.1) is 23.4 Å². The third-order valence-electron chi connectivity index (χ3n) is 6.22. The highest BCUT2D eigenvalue weighted by Gasteiger charge is 2.39. The highest BCUT2D eigenvalue weighted by Crippen LogP contribution is 2.39. The average molecular weight is 579 g/mol. The van der Waals surface area contributed by atoms with Crippen LogP contribution in [0.1, 0.15) is 35.2 Å². The van der Waals surface area contributed by atoms with E-state index >= 15 is 4.39 Å². The zero-order chi connectivity index (χ0) is 29.4. The summed E-state index contributed by atoms with van der Waals surface area (Å²) in [5.74, 6) is -6.25. The minimum atomic E-state index is -5.22. The van der Waals surface area contributed by atoms with Crippen molar-refractivity contribution in [3.63, 3.8) is 0 Å². The number of H-pyrrole nitrogens is 1. The molecule has 4 rings (SSSR count). The van der Waals surface area contributed by atoms with Crippen LogP contribution in [0.2, 0.25) is 0 Å². The highest BCUT2D eigenvalue weighted by atomic mass is 19.4. The SMILES string of the molecule is O=c1cc(C(F)(F)F)nc(-c2c(C(F)(F)F)ccc(CNC(=O)[C@H]3C[C@H](OCc4cccc(F)c4F)C3)c2F)[nH]1. The minimum absolute atomic E-state index is 0.0157. The molecule has 1 amide bonds. The predicted molar refractivity (Wildman–Crippen MR) is 120 cm³/mol. The van der Waals surface area contributed by atoms with Crippen LogP contribution in [0.4, 0.5) is 39.5 Å². The molecule has 0 saturated heterocycles. The molecule has 214 valence electrons. The number of ether oxygens (including phenoxy) is 1. The van der Waals surface area contributed by atoms with Gasteiger partial charge in [0, 0.05) is 29.7 Å². The third-order valence-corrected chi connectivity index (χ3v) is 6.22. The molecule has 15 heteroatoms. The number of halogens is 9. The first-order valence-corrected chi connectivity index (χ1v) is 11.5. The summed E-state index contributed by atoms with van der Waals surface area (Å²) in [4.78, 5) is 28.8. The maximum absolute atomic E-state index is 15.3. The number of rotatable bonds is 7. The smallest absolute Gasteiger partial charge is 0.373 e. The Labute approximate surface area is 219 Å². The van der Waals surface area contributed by atoms with E-state index in [0.29, 0.717) is 12.1 Å². The summed E-state index contributed by atoms with van der Waals surface area (Å²) < 4.78 is 128. The Morgan fingerprint density at radius 1 is 0.975 bits per heavy atom. The Hall–Kier alpha value is -3.88. The van der Waals surface area contributed by atoms with Gasteiger partial charge in [0.1, 0.15) is 11.6 Å². The van der Waals surface area contributed by atoms with E-state index in [1.165, 1.54) is 12.1 Å². The molecule has 0 unspecified atom stereocenters. The second kappa shape index (κ2) is 10.9. The number of nitrogens with one attached hydrogen (secondary N) is 2. The molecule has 0 atom stereocenters. The van der Waals surface area contributed by atoms with Gasteiger partial charge in [0.15, 0.2) is 17.3 Å². The van der Waals surface area contributed by atoms with Crippen molar-refractivity contribution >= 4 is 5.91 Å². The normalized spacial score (nSPS) is 17.4. The van der Waals surface area contributed by atoms with E-state index in [-0.39, 0.29) is 31.1 Å². The van der Waals surface area contributed by atoms with Crippen molar-refractivity contribution in [3.8, 4) is 11.4 Å². The number of alkyl halides is 6. The summed E-state index contributed by atoms with van der Waals surface area (Å²) in [6.07, 6.45) is -10.5. The van der Waals surface area contributed by atoms with Crippen molar-refractivity contribution in [1.29, 1.82) is 0 Å². The van der Waals surface area contributed by atoms with Crippen LogP contribution in [0.3, 0.4) is 0 Å². The summed E-state index contributed by atoms with van der Waals surface area (Å²) in [5.41, 5.74) is -6.89. The van der Waals surface area contributed by atoms with Crippen LogP contribution in [-0.4, -0.2) is 22.0 Å². The highest BCUT2D eigenvalue weighted by molar-refractivity contribution is 5.79. The van der Waals surface area contributed by atoms with Crippen LogP contribution < -0.4 is 10.9 Å². The van der Waals surface area contributed by atoms with Gasteiger partial charge in [0.25, 0.3) is 5.56 Å². The minimum Gasteiger partial charge on any atom is -0.373 e. The monoisotopic (exact) mass is 579 g/mol. The number of hydrogen-bond donors (Lipinski definition) is 2. The molecular formula is C25H18F9N3O3. The Kier molecular flexibility index (Phi) is 7.97. The first-order valence-electron chi connectivity index (χ1n) is 11.5. The van der Waals surface area contributed by atoms with Gasteiger partial charge in [0.05, 0.1) is 23.8 Å². The number of aromatic nitrogens is 2. The number of benzene rings is 2. The number of amides is 1. The van der Waals surface area contributed by atoms with Crippen molar-refractivity contribution in [2.75, 3.05) is 0 Å². The van der Waals surface area contributed by atoms with Gasteiger partial charge in [-0.05, 0) is 25.0 Å². The molecule has 2 N–H and O–H groups in total. The summed E-state index contributed by atoms with van der Waals surface area (Å²) >= 11 is 0. The van der Waals surface area contributed by atoms with E-state index in [4.69, 9.17) is 4.74 Å². The molecule has 0 bridgehead atoms. The van der Waals surface area contributed by atoms with Gasteiger partial charge in [-0.1, -0.05) is 18.2 Å². The molecular weight excluding hydrogens is 561 g/mol. The van der Waals surface area contributed by atoms with E-state index in [9.17, 15) is 44.7 Å². The fourth-order valence-electron chi connectivity index (χ4n) is 4.05. The maximum atomic E-state index is 15.3. The van der Waals surface area contributed by atoms with Gasteiger partial charge >= 0.3 is 12.4 Å². The second-order valence-electron chi connectivity index (χ2n) is 8.97. The first-order chi connectivity index (χ1) is 18.6. The number of hydrogen-bond acceptors (Lipinski definition) is 4. The second-order valence-corrected chi connectivity index (χ2v) is 8.97. The van der Waals surface area contributed by atoms with E-state index < -0.39 is 88.0 Å². The molecule has 3 aromatic rings. The summed E-state index contributed by atoms with van der Waals surface area (Å²) in [6.45, 7) is -0.872. The van der Waals surface area contributed by atoms with Crippen molar-refractivity contribution in [3.05, 3.63) is 86.6 Å². The molecule has 1 fully saturated rings. The summed E-state index contributed by atoms with van der Waals surface area (Å²) in [7, 11) is 0. The van der Waals surface area contributed by atoms with E-state index in [1.807, 2.05) is 0 Å². The molecule has 0 radical (unpaired) electrons. The summed E-state index contributed by atoms with van der Waals surface area (Å²) in [6, 6.07) is 4.70. The molecule has 1 heterocycles. The maximum Gasteiger partial charge on any atom is 0.433 e. The van der Waals surface area contributed by atoms with E-state index in [0.717, 1.165) is 6.07 Å². The zero-order valence-electron chi connectivity index (χ0n) is 20.0. The molecule has 2 aromatic carbocycles. The van der Waals surface area contributed by atoms with Crippen molar-refractivity contribution in [2.24, 2.45) is 5.92 Å². The Bertz CT molecular complexity index is 1480. The van der Waals surface area contributed by atoms with Gasteiger partial charge in [0.2, 0.25) is 5.91 Å². The number of aromatic amines is 1. The largest absolute Gasteiger partial charge is 0.433 e. The molecule has 1 aromatic heterocycles. The van der Waals surface area contributed by atoms with Gasteiger partial charge in [-0.2, -0.15) is 26.3 Å². The van der Waals surface area contributed by atoms with Crippen LogP contribution in [0.15, 0.2) is 41.2 Å². The van der Waals surface area contributed by atoms with Crippen molar-refractivity contribution in [2.45, 2.75) is 44.4 Å². The van der Waals surface area contributed by atoms with E-state index in [1.54, 1.807) is 4.98 Å². The lowest BCUT2D eigenvalue weighted by Gasteiger charge is -2.34. The van der Waals surface area contributed by atoms with E-state index in [2.05, 4.69) is 10.3 Å². The topological polar surface area (TPSA) is 84.1 Å². The molecule has 6 nitrogen and oxygen atoms in total. The molecule has 0 spiro atoms. The molecule has 0 aliphatic heterocycles. The van der Waals surface area contributed by atoms with Crippen LogP contribution >= 0.6 is 0 Å². The van der Waals surface area contributed by atoms with Crippen LogP contribution in [-0.2, 0) is 35.0 Å². The van der Waals surface area contributed by atoms with Gasteiger partial charge in [-0.3, -0.25) is 9.59 Å². The Morgan fingerprint density at radius 2 is 1.68 bits per heavy atom. The number of carbonyl (C=O) groups excluding carboxylic acids is 1. The number of carbonyl (C=O) groups is 1. The Balaban J connectivity index is 1.46. The lowest BCUT2D eigenvalue weighted by molar-refractivity contribution is -0.141. The average Bonchev–Trinajstić information content (AvgIpc) is 2.83. The fourth-order valence-corrected chi connectivity index (χ4v) is 4.05. The molecule has 1 aliphatic rings. The lowest BCUT2D eigenvalue weighted by Crippen LogP contribution is -2.42. The predicted octanol–water partition coefficient (Wildman–Crippen LogP) is 5.50. The quantitative estimate of drug-likeness (QED) is 0.362. The summed E-state index contributed by atoms with van der Waals surface area (Å²) in [5, 5.41) is 2.34. The molecule has 40 heavy (non-hydrogen) atoms. The standard InChI is InChI=1S/C25H18F9N3O3/c26-16-3-1-2-12(20(16)27)10-40-14-6-13(7-14)23(39)35-9-11-4-5-15(24(29,30)31)19(21(11)28)22-36-17(25(32,33)34)8-18(38)37-22/h1-5,8,13-14H,6-7,9-10H2,(H,35,39)(H,36,37,38)/t13-,14-. The molecule has 1 saturated carbocycles. The van der Waals surface area contributed by atoms with Crippen molar-refractivity contribution in [1.82, 2.24) is 15.3 Å². The number of nitrogens with zero attached hydrogens (tertiary/aromatic N) is 1. The van der Waals surface area contributed by atoms with Crippen LogP contribution in [0.5, 0.6) is 0 Å². The lowest BCUT2D eigenvalue weighted by atomic mass is 9.81. The Morgan fingerprint density at radius 3 is 2.33 bits per heavy atom. The van der Waals surface area contributed by atoms with Gasteiger partial charge in [-0.15, -0.1) is 0 Å². The first kappa shape index (κ1) is 29.1. The van der Waals surface area contributed by atoms with Gasteiger partial charge in [-0.25, -0.2) is 18.2 Å². The van der Waals surface area contributed by atoms with Crippen molar-refractivity contribution < 1.29 is 49.0 Å². The zero-order valence-corrected chi connectivity index (χ0v) is 20.0. The van der Waals surface area contributed by atoms with Gasteiger partial charge < -0.3 is 15.0 Å².